The summed E-state index contributed by atoms with van der Waals surface area (Å²) in [6.45, 7) is 1.79. The van der Waals surface area contributed by atoms with Gasteiger partial charge in [0.25, 0.3) is 0 Å². The smallest absolute Gasteiger partial charge is 0.410 e. The largest absolute Gasteiger partial charge is 0.441 e. The van der Waals surface area contributed by atoms with Crippen LogP contribution in [0.4, 0.5) is 18.4 Å². The molecule has 3 amide bonds. The average Bonchev–Trinajstić information content (AvgIpc) is 3.35. The van der Waals surface area contributed by atoms with Crippen molar-refractivity contribution in [2.75, 3.05) is 26.2 Å². The lowest BCUT2D eigenvalue weighted by atomic mass is 9.91. The van der Waals surface area contributed by atoms with Gasteiger partial charge in [-0.3, -0.25) is 9.80 Å². The summed E-state index contributed by atoms with van der Waals surface area (Å²) in [6, 6.07) is 3.46. The van der Waals surface area contributed by atoms with Crippen molar-refractivity contribution in [2.24, 2.45) is 0 Å². The van der Waals surface area contributed by atoms with E-state index in [1.54, 1.807) is 28.3 Å². The van der Waals surface area contributed by atoms with E-state index in [1.807, 2.05) is 0 Å². The number of halogens is 2. The summed E-state index contributed by atoms with van der Waals surface area (Å²) in [5.74, 6) is -1.87. The van der Waals surface area contributed by atoms with Crippen LogP contribution in [-0.4, -0.2) is 63.8 Å². The van der Waals surface area contributed by atoms with E-state index in [1.165, 1.54) is 11.0 Å². The van der Waals surface area contributed by atoms with Gasteiger partial charge in [-0.15, -0.1) is 0 Å². The number of piperidine rings is 1. The first-order chi connectivity index (χ1) is 14.9. The average molecular weight is 430 g/mol. The summed E-state index contributed by atoms with van der Waals surface area (Å²) in [4.78, 5) is 30.1. The number of benzene rings is 1. The highest BCUT2D eigenvalue weighted by Gasteiger charge is 2.47. The van der Waals surface area contributed by atoms with E-state index in [-0.39, 0.29) is 12.6 Å². The molecule has 0 radical (unpaired) electrons. The highest BCUT2D eigenvalue weighted by atomic mass is 19.2. The first-order valence-electron chi connectivity index (χ1n) is 10.0. The molecule has 1 aromatic carbocycles. The highest BCUT2D eigenvalue weighted by molar-refractivity contribution is 5.80. The van der Waals surface area contributed by atoms with E-state index in [9.17, 15) is 18.4 Å². The van der Waals surface area contributed by atoms with Gasteiger partial charge in [0.15, 0.2) is 17.0 Å². The van der Waals surface area contributed by atoms with Crippen LogP contribution in [0.25, 0.3) is 12.3 Å². The second-order valence-electron chi connectivity index (χ2n) is 8.06. The molecule has 1 aromatic heterocycles. The van der Waals surface area contributed by atoms with Crippen molar-refractivity contribution >= 4 is 24.4 Å². The van der Waals surface area contributed by atoms with Crippen LogP contribution in [0.1, 0.15) is 18.4 Å². The molecule has 8 nitrogen and oxygen atoms in total. The van der Waals surface area contributed by atoms with Crippen LogP contribution < -0.4 is 10.6 Å². The number of rotatable bonds is 2. The topological polar surface area (TPSA) is 79.1 Å². The lowest BCUT2D eigenvalue weighted by Crippen LogP contribution is -2.52. The molecular weight excluding hydrogens is 410 g/mol. The first kappa shape index (κ1) is 19.5. The molecule has 2 aromatic rings. The summed E-state index contributed by atoms with van der Waals surface area (Å²) in [7, 11) is 0. The first-order valence-corrected chi connectivity index (χ1v) is 10.0. The molecule has 5 rings (SSSR count). The maximum atomic E-state index is 13.5. The molecule has 2 fully saturated rings. The number of carbonyl (C=O) groups excluding carboxylic acids is 2. The van der Waals surface area contributed by atoms with Crippen molar-refractivity contribution in [2.45, 2.75) is 25.0 Å². The summed E-state index contributed by atoms with van der Waals surface area (Å²) in [6.07, 6.45) is 5.63. The van der Waals surface area contributed by atoms with Crippen molar-refractivity contribution in [3.63, 3.8) is 0 Å². The minimum atomic E-state index is -0.948. The number of ether oxygens (including phenoxy) is 1. The van der Waals surface area contributed by atoms with Gasteiger partial charge in [0.1, 0.15) is 5.60 Å². The lowest BCUT2D eigenvalue weighted by molar-refractivity contribution is 0.00779. The second kappa shape index (κ2) is 7.36. The van der Waals surface area contributed by atoms with E-state index in [2.05, 4.69) is 5.16 Å². The summed E-state index contributed by atoms with van der Waals surface area (Å²) < 4.78 is 37.4. The third kappa shape index (κ3) is 3.62. The van der Waals surface area contributed by atoms with Gasteiger partial charge >= 0.3 is 12.1 Å². The van der Waals surface area contributed by atoms with Crippen LogP contribution >= 0.6 is 0 Å². The number of fused-ring (bicyclic) bond motifs is 1. The predicted octanol–water partition coefficient (Wildman–Crippen LogP) is 1.39. The van der Waals surface area contributed by atoms with Crippen molar-refractivity contribution < 1.29 is 27.6 Å². The zero-order chi connectivity index (χ0) is 21.6. The van der Waals surface area contributed by atoms with Gasteiger partial charge < -0.3 is 14.2 Å². The van der Waals surface area contributed by atoms with Crippen LogP contribution in [-0.2, 0) is 11.3 Å². The monoisotopic (exact) mass is 430 g/mol. The summed E-state index contributed by atoms with van der Waals surface area (Å²) >= 11 is 0. The minimum absolute atomic E-state index is 0.124. The van der Waals surface area contributed by atoms with Crippen LogP contribution in [0, 0.1) is 11.6 Å². The standard InChI is InChI=1S/C21H20F2N4O4/c22-16-2-1-14(9-17(16)23)11-27-13-21(30-20(27)29)4-7-25(8-5-21)19(28)26-6-3-18-15(12-26)10-24-31-18/h1-3,9-10,12H,4-8,11,13H2. The maximum absolute atomic E-state index is 13.5. The number of hydrogen-bond donors (Lipinski definition) is 0. The summed E-state index contributed by atoms with van der Waals surface area (Å²) in [5.41, 5.74) is 0.470. The fourth-order valence-corrected chi connectivity index (χ4v) is 4.26. The Morgan fingerprint density at radius 3 is 2.77 bits per heavy atom. The molecule has 0 unspecified atom stereocenters. The van der Waals surface area contributed by atoms with Crippen molar-refractivity contribution in [3.05, 3.63) is 52.2 Å². The Balaban J connectivity index is 1.21. The number of urea groups is 1. The van der Waals surface area contributed by atoms with Crippen molar-refractivity contribution in [1.29, 1.82) is 0 Å². The van der Waals surface area contributed by atoms with Crippen molar-refractivity contribution in [1.82, 2.24) is 19.9 Å². The predicted molar refractivity (Wildman–Crippen MR) is 104 cm³/mol. The molecule has 162 valence electrons. The molecule has 0 saturated carbocycles. The number of nitrogens with zero attached hydrogens (tertiary/aromatic N) is 4. The van der Waals surface area contributed by atoms with E-state index >= 15 is 0 Å². The highest BCUT2D eigenvalue weighted by Crippen LogP contribution is 2.34. The van der Waals surface area contributed by atoms with Gasteiger partial charge in [0.2, 0.25) is 0 Å². The molecule has 31 heavy (non-hydrogen) atoms. The van der Waals surface area contributed by atoms with Crippen LogP contribution in [0.15, 0.2) is 28.9 Å². The zero-order valence-corrected chi connectivity index (χ0v) is 16.6. The quantitative estimate of drug-likeness (QED) is 0.720. The SMILES string of the molecule is O=C1OC2(CCN(C(=O)N3C=c4cnoc4=CC3)CC2)CN1Cc1ccc(F)c(F)c1. The fraction of sp³-hybridized carbons (Fsp3) is 0.381. The lowest BCUT2D eigenvalue weighted by Gasteiger charge is -2.38. The molecule has 2 saturated heterocycles. The molecule has 10 heteroatoms. The van der Waals surface area contributed by atoms with E-state index in [0.29, 0.717) is 50.0 Å². The van der Waals surface area contributed by atoms with E-state index < -0.39 is 23.3 Å². The maximum Gasteiger partial charge on any atom is 0.410 e. The normalized spacial score (nSPS) is 19.7. The number of hydrogen-bond acceptors (Lipinski definition) is 5. The molecule has 4 heterocycles. The third-order valence-electron chi connectivity index (χ3n) is 5.99. The van der Waals surface area contributed by atoms with Gasteiger partial charge in [0.05, 0.1) is 18.0 Å². The molecule has 0 aliphatic carbocycles. The van der Waals surface area contributed by atoms with Crippen LogP contribution in [0.3, 0.4) is 0 Å². The Hall–Kier alpha value is -3.43. The Morgan fingerprint density at radius 1 is 1.19 bits per heavy atom. The number of carbonyl (C=O) groups is 2. The molecule has 0 N–H and O–H groups in total. The van der Waals surface area contributed by atoms with Gasteiger partial charge in [0, 0.05) is 45.2 Å². The molecular formula is C21H20F2N4O4. The van der Waals surface area contributed by atoms with Gasteiger partial charge in [-0.1, -0.05) is 11.2 Å². The number of likely N-dealkylation sites (tertiary alicyclic amines) is 1. The van der Waals surface area contributed by atoms with E-state index in [0.717, 1.165) is 17.4 Å². The van der Waals surface area contributed by atoms with Gasteiger partial charge in [-0.05, 0) is 23.8 Å². The summed E-state index contributed by atoms with van der Waals surface area (Å²) in [5, 5.41) is 4.49. The molecule has 0 bridgehead atoms. The van der Waals surface area contributed by atoms with Crippen LogP contribution in [0.5, 0.6) is 0 Å². The Labute approximate surface area is 175 Å². The molecule has 1 spiro atoms. The fourth-order valence-electron chi connectivity index (χ4n) is 4.26. The minimum Gasteiger partial charge on any atom is -0.441 e. The Kier molecular flexibility index (Phi) is 4.64. The third-order valence-corrected chi connectivity index (χ3v) is 5.99. The van der Waals surface area contributed by atoms with Gasteiger partial charge in [-0.2, -0.15) is 0 Å². The second-order valence-corrected chi connectivity index (χ2v) is 8.06. The molecule has 0 atom stereocenters. The molecule has 3 aliphatic rings. The molecule has 3 aliphatic heterocycles. The van der Waals surface area contributed by atoms with Gasteiger partial charge in [-0.25, -0.2) is 18.4 Å². The van der Waals surface area contributed by atoms with Crippen LogP contribution in [0.2, 0.25) is 0 Å². The number of amides is 3. The van der Waals surface area contributed by atoms with E-state index in [4.69, 9.17) is 9.26 Å². The Morgan fingerprint density at radius 2 is 2.00 bits per heavy atom. The zero-order valence-electron chi connectivity index (χ0n) is 16.6. The number of aromatic nitrogens is 1. The van der Waals surface area contributed by atoms with Crippen molar-refractivity contribution in [3.8, 4) is 0 Å². The Bertz CT molecular complexity index is 1160.